The molecule has 1 aromatic rings. The SMILES string of the molecule is CN.OCCOCc1ccccc1. The zero-order valence-corrected chi connectivity index (χ0v) is 7.94. The zero-order chi connectivity index (χ0) is 9.94. The van der Waals surface area contributed by atoms with Gasteiger partial charge in [-0.15, -0.1) is 0 Å². The van der Waals surface area contributed by atoms with Gasteiger partial charge in [0.15, 0.2) is 0 Å². The van der Waals surface area contributed by atoms with Gasteiger partial charge in [0.25, 0.3) is 0 Å². The molecule has 13 heavy (non-hydrogen) atoms. The van der Waals surface area contributed by atoms with E-state index in [4.69, 9.17) is 9.84 Å². The molecule has 0 heterocycles. The second kappa shape index (κ2) is 9.19. The molecule has 74 valence electrons. The minimum Gasteiger partial charge on any atom is -0.394 e. The van der Waals surface area contributed by atoms with Crippen LogP contribution < -0.4 is 5.73 Å². The van der Waals surface area contributed by atoms with E-state index in [9.17, 15) is 0 Å². The molecule has 3 nitrogen and oxygen atoms in total. The molecule has 1 rings (SSSR count). The van der Waals surface area contributed by atoms with Crippen LogP contribution in [0.4, 0.5) is 0 Å². The van der Waals surface area contributed by atoms with Crippen LogP contribution in [-0.2, 0) is 11.3 Å². The molecule has 0 aliphatic rings. The Morgan fingerprint density at radius 3 is 2.38 bits per heavy atom. The quantitative estimate of drug-likeness (QED) is 0.678. The predicted molar refractivity (Wildman–Crippen MR) is 53.3 cm³/mol. The van der Waals surface area contributed by atoms with Gasteiger partial charge >= 0.3 is 0 Å². The number of aliphatic hydroxyl groups is 1. The van der Waals surface area contributed by atoms with Gasteiger partial charge in [-0.3, -0.25) is 0 Å². The number of aliphatic hydroxyl groups excluding tert-OH is 1. The molecule has 0 aliphatic heterocycles. The number of ether oxygens (including phenoxy) is 1. The Labute approximate surface area is 79.1 Å². The van der Waals surface area contributed by atoms with Gasteiger partial charge in [-0.05, 0) is 12.6 Å². The first-order chi connectivity index (χ1) is 6.43. The van der Waals surface area contributed by atoms with E-state index in [1.807, 2.05) is 30.3 Å². The molecule has 0 radical (unpaired) electrons. The maximum atomic E-state index is 8.42. The van der Waals surface area contributed by atoms with Crippen LogP contribution in [0.1, 0.15) is 5.56 Å². The van der Waals surface area contributed by atoms with E-state index >= 15 is 0 Å². The molecule has 0 unspecified atom stereocenters. The lowest BCUT2D eigenvalue weighted by atomic mass is 10.2. The van der Waals surface area contributed by atoms with Gasteiger partial charge in [0.1, 0.15) is 0 Å². The summed E-state index contributed by atoms with van der Waals surface area (Å²) in [6.45, 7) is 1.09. The fourth-order valence-corrected chi connectivity index (χ4v) is 0.829. The van der Waals surface area contributed by atoms with Crippen molar-refractivity contribution in [1.29, 1.82) is 0 Å². The highest BCUT2D eigenvalue weighted by molar-refractivity contribution is 5.13. The van der Waals surface area contributed by atoms with E-state index in [1.54, 1.807) is 0 Å². The van der Waals surface area contributed by atoms with Crippen molar-refractivity contribution in [1.82, 2.24) is 0 Å². The van der Waals surface area contributed by atoms with Crippen LogP contribution in [0.2, 0.25) is 0 Å². The Kier molecular flexibility index (Phi) is 8.55. The summed E-state index contributed by atoms with van der Waals surface area (Å²) in [6, 6.07) is 9.90. The summed E-state index contributed by atoms with van der Waals surface area (Å²) >= 11 is 0. The van der Waals surface area contributed by atoms with Crippen molar-refractivity contribution in [3.63, 3.8) is 0 Å². The highest BCUT2D eigenvalue weighted by Crippen LogP contribution is 1.99. The molecular formula is C10H17NO2. The van der Waals surface area contributed by atoms with E-state index in [0.717, 1.165) is 5.56 Å². The lowest BCUT2D eigenvalue weighted by molar-refractivity contribution is 0.0815. The maximum absolute atomic E-state index is 8.42. The Morgan fingerprint density at radius 1 is 1.23 bits per heavy atom. The number of hydrogen-bond acceptors (Lipinski definition) is 3. The fourth-order valence-electron chi connectivity index (χ4n) is 0.829. The average molecular weight is 183 g/mol. The van der Waals surface area contributed by atoms with Gasteiger partial charge in [-0.1, -0.05) is 30.3 Å². The van der Waals surface area contributed by atoms with Crippen molar-refractivity contribution in [3.05, 3.63) is 35.9 Å². The summed E-state index contributed by atoms with van der Waals surface area (Å²) in [5, 5.41) is 8.42. The molecule has 0 bridgehead atoms. The van der Waals surface area contributed by atoms with Crippen molar-refractivity contribution in [2.45, 2.75) is 6.61 Å². The van der Waals surface area contributed by atoms with Crippen LogP contribution in [0.25, 0.3) is 0 Å². The third-order valence-electron chi connectivity index (χ3n) is 1.35. The monoisotopic (exact) mass is 183 g/mol. The molecule has 0 aromatic heterocycles. The molecular weight excluding hydrogens is 166 g/mol. The fraction of sp³-hybridized carbons (Fsp3) is 0.400. The topological polar surface area (TPSA) is 55.5 Å². The number of hydrogen-bond donors (Lipinski definition) is 2. The molecule has 0 saturated heterocycles. The highest BCUT2D eigenvalue weighted by atomic mass is 16.5. The molecule has 0 amide bonds. The highest BCUT2D eigenvalue weighted by Gasteiger charge is 1.88. The molecule has 0 spiro atoms. The van der Waals surface area contributed by atoms with Crippen LogP contribution in [-0.4, -0.2) is 25.4 Å². The van der Waals surface area contributed by atoms with Crippen molar-refractivity contribution in [3.8, 4) is 0 Å². The summed E-state index contributed by atoms with van der Waals surface area (Å²) in [6.07, 6.45) is 0. The molecule has 0 atom stereocenters. The lowest BCUT2D eigenvalue weighted by Crippen LogP contribution is -1.98. The van der Waals surface area contributed by atoms with Crippen molar-refractivity contribution in [2.24, 2.45) is 5.73 Å². The summed E-state index contributed by atoms with van der Waals surface area (Å²) < 4.78 is 5.12. The normalized spacial score (nSPS) is 8.85. The molecule has 3 heteroatoms. The average Bonchev–Trinajstić information content (AvgIpc) is 2.23. The van der Waals surface area contributed by atoms with E-state index in [1.165, 1.54) is 7.05 Å². The molecule has 0 aliphatic carbocycles. The maximum Gasteiger partial charge on any atom is 0.0718 e. The molecule has 3 N–H and O–H groups in total. The van der Waals surface area contributed by atoms with Gasteiger partial charge in [0.05, 0.1) is 19.8 Å². The third-order valence-corrected chi connectivity index (χ3v) is 1.35. The Morgan fingerprint density at radius 2 is 1.85 bits per heavy atom. The third kappa shape index (κ3) is 6.28. The van der Waals surface area contributed by atoms with Crippen LogP contribution >= 0.6 is 0 Å². The number of benzene rings is 1. The van der Waals surface area contributed by atoms with Gasteiger partial charge in [0, 0.05) is 0 Å². The minimum absolute atomic E-state index is 0.0901. The second-order valence-corrected chi connectivity index (χ2v) is 2.26. The van der Waals surface area contributed by atoms with Crippen molar-refractivity contribution < 1.29 is 9.84 Å². The lowest BCUT2D eigenvalue weighted by Gasteiger charge is -2.00. The van der Waals surface area contributed by atoms with Crippen molar-refractivity contribution in [2.75, 3.05) is 20.3 Å². The van der Waals surface area contributed by atoms with Crippen LogP contribution in [0, 0.1) is 0 Å². The molecule has 0 fully saturated rings. The standard InChI is InChI=1S/C9H12O2.CH5N/c10-6-7-11-8-9-4-2-1-3-5-9;1-2/h1-5,10H,6-8H2;2H2,1H3. The first-order valence-corrected chi connectivity index (χ1v) is 4.24. The largest absolute Gasteiger partial charge is 0.394 e. The minimum atomic E-state index is 0.0901. The Balaban J connectivity index is 0.000000671. The summed E-state index contributed by atoms with van der Waals surface area (Å²) in [7, 11) is 1.50. The predicted octanol–water partition coefficient (Wildman–Crippen LogP) is 0.770. The summed E-state index contributed by atoms with van der Waals surface area (Å²) in [5.41, 5.74) is 5.64. The smallest absolute Gasteiger partial charge is 0.0718 e. The van der Waals surface area contributed by atoms with Gasteiger partial charge < -0.3 is 15.6 Å². The number of nitrogens with two attached hydrogens (primary N) is 1. The zero-order valence-electron chi connectivity index (χ0n) is 7.94. The first kappa shape index (κ1) is 12.1. The van der Waals surface area contributed by atoms with Crippen LogP contribution in [0.15, 0.2) is 30.3 Å². The Hall–Kier alpha value is -0.900. The number of rotatable bonds is 4. The van der Waals surface area contributed by atoms with E-state index in [0.29, 0.717) is 13.2 Å². The second-order valence-electron chi connectivity index (χ2n) is 2.26. The van der Waals surface area contributed by atoms with Crippen molar-refractivity contribution >= 4 is 0 Å². The van der Waals surface area contributed by atoms with E-state index in [2.05, 4.69) is 5.73 Å². The van der Waals surface area contributed by atoms with Gasteiger partial charge in [-0.2, -0.15) is 0 Å². The molecule has 1 aromatic carbocycles. The summed E-state index contributed by atoms with van der Waals surface area (Å²) in [4.78, 5) is 0. The van der Waals surface area contributed by atoms with Crippen LogP contribution in [0.3, 0.4) is 0 Å². The van der Waals surface area contributed by atoms with Crippen LogP contribution in [0.5, 0.6) is 0 Å². The molecule has 0 saturated carbocycles. The Bertz CT molecular complexity index is 189. The first-order valence-electron chi connectivity index (χ1n) is 4.24. The summed E-state index contributed by atoms with van der Waals surface area (Å²) in [5.74, 6) is 0. The van der Waals surface area contributed by atoms with Gasteiger partial charge in [-0.25, -0.2) is 0 Å². The van der Waals surface area contributed by atoms with E-state index in [-0.39, 0.29) is 6.61 Å². The van der Waals surface area contributed by atoms with E-state index < -0.39 is 0 Å². The van der Waals surface area contributed by atoms with Gasteiger partial charge in [0.2, 0.25) is 0 Å².